The number of hydrogen-bond acceptors (Lipinski definition) is 2. The zero-order valence-electron chi connectivity index (χ0n) is 9.13. The molecule has 3 nitrogen and oxygen atoms in total. The van der Waals surface area contributed by atoms with Gasteiger partial charge in [0.05, 0.1) is 0 Å². The summed E-state index contributed by atoms with van der Waals surface area (Å²) in [6, 6.07) is 0. The summed E-state index contributed by atoms with van der Waals surface area (Å²) in [5, 5.41) is 0. The van der Waals surface area contributed by atoms with Crippen LogP contribution >= 0.6 is 0 Å². The highest BCUT2D eigenvalue weighted by Gasteiger charge is 2.26. The Morgan fingerprint density at radius 3 is 1.85 bits per heavy atom. The quantitative estimate of drug-likeness (QED) is 0.559. The molecule has 0 aromatic rings. The summed E-state index contributed by atoms with van der Waals surface area (Å²) >= 11 is 0. The minimum absolute atomic E-state index is 0.202. The van der Waals surface area contributed by atoms with E-state index in [1.165, 1.54) is 0 Å². The van der Waals surface area contributed by atoms with Gasteiger partial charge in [-0.05, 0) is 20.8 Å². The molecule has 0 atom stereocenters. The lowest BCUT2D eigenvalue weighted by molar-refractivity contribution is -0.131. The normalized spacial score (nSPS) is 20.5. The zero-order chi connectivity index (χ0) is 10.1. The second kappa shape index (κ2) is 3.66. The molecular weight excluding hydrogens is 164 g/mol. The van der Waals surface area contributed by atoms with Crippen LogP contribution in [0.1, 0.15) is 27.7 Å². The zero-order valence-corrected chi connectivity index (χ0v) is 9.13. The molecule has 1 amide bonds. The topological polar surface area (TPSA) is 23.6 Å². The van der Waals surface area contributed by atoms with Crippen molar-refractivity contribution >= 4 is 5.91 Å². The van der Waals surface area contributed by atoms with Crippen LogP contribution in [-0.4, -0.2) is 47.4 Å². The van der Waals surface area contributed by atoms with E-state index in [-0.39, 0.29) is 11.4 Å². The van der Waals surface area contributed by atoms with Crippen LogP contribution in [0.2, 0.25) is 0 Å². The van der Waals surface area contributed by atoms with Crippen molar-refractivity contribution in [1.82, 2.24) is 9.80 Å². The van der Waals surface area contributed by atoms with Crippen LogP contribution in [0, 0.1) is 0 Å². The van der Waals surface area contributed by atoms with E-state index < -0.39 is 0 Å². The molecule has 1 rings (SSSR count). The number of carbonyl (C=O) groups excluding carboxylic acids is 1. The van der Waals surface area contributed by atoms with Crippen molar-refractivity contribution in [2.45, 2.75) is 33.2 Å². The maximum absolute atomic E-state index is 11.1. The summed E-state index contributed by atoms with van der Waals surface area (Å²) in [6.45, 7) is 12.1. The molecule has 0 spiro atoms. The molecule has 0 radical (unpaired) electrons. The summed E-state index contributed by atoms with van der Waals surface area (Å²) in [5.74, 6) is 0.202. The van der Waals surface area contributed by atoms with Gasteiger partial charge >= 0.3 is 0 Å². The lowest BCUT2D eigenvalue weighted by Gasteiger charge is -2.42. The van der Waals surface area contributed by atoms with Crippen LogP contribution in [0.5, 0.6) is 0 Å². The van der Waals surface area contributed by atoms with Crippen LogP contribution < -0.4 is 0 Å². The molecule has 0 N–H and O–H groups in total. The predicted molar refractivity (Wildman–Crippen MR) is 53.6 cm³/mol. The summed E-state index contributed by atoms with van der Waals surface area (Å²) in [6.07, 6.45) is 0. The minimum atomic E-state index is 0.202. The van der Waals surface area contributed by atoms with Gasteiger partial charge in [0.25, 0.3) is 0 Å². The van der Waals surface area contributed by atoms with E-state index in [0.717, 1.165) is 26.2 Å². The fraction of sp³-hybridized carbons (Fsp3) is 0.900. The monoisotopic (exact) mass is 184 g/mol. The van der Waals surface area contributed by atoms with Crippen LogP contribution in [0.25, 0.3) is 0 Å². The highest BCUT2D eigenvalue weighted by molar-refractivity contribution is 5.73. The first-order valence-electron chi connectivity index (χ1n) is 4.92. The smallest absolute Gasteiger partial charge is 0.219 e. The Morgan fingerprint density at radius 1 is 1.08 bits per heavy atom. The van der Waals surface area contributed by atoms with Gasteiger partial charge in [-0.15, -0.1) is 0 Å². The fourth-order valence-electron chi connectivity index (χ4n) is 1.69. The largest absolute Gasteiger partial charge is 0.340 e. The second-order valence-corrected chi connectivity index (χ2v) is 4.66. The molecular formula is C10H20N2O. The maximum atomic E-state index is 11.1. The van der Waals surface area contributed by atoms with Crippen molar-refractivity contribution in [3.05, 3.63) is 0 Å². The molecule has 3 heteroatoms. The maximum Gasteiger partial charge on any atom is 0.219 e. The molecule has 76 valence electrons. The fourth-order valence-corrected chi connectivity index (χ4v) is 1.69. The second-order valence-electron chi connectivity index (χ2n) is 4.66. The van der Waals surface area contributed by atoms with Gasteiger partial charge < -0.3 is 4.90 Å². The van der Waals surface area contributed by atoms with Gasteiger partial charge in [-0.2, -0.15) is 0 Å². The lowest BCUT2D eigenvalue weighted by Crippen LogP contribution is -2.54. The van der Waals surface area contributed by atoms with Crippen LogP contribution in [0.3, 0.4) is 0 Å². The molecule has 0 bridgehead atoms. The van der Waals surface area contributed by atoms with Crippen LogP contribution in [0.15, 0.2) is 0 Å². The Morgan fingerprint density at radius 2 is 1.54 bits per heavy atom. The summed E-state index contributed by atoms with van der Waals surface area (Å²) in [5.41, 5.74) is 0.239. The van der Waals surface area contributed by atoms with Gasteiger partial charge in [-0.1, -0.05) is 0 Å². The summed E-state index contributed by atoms with van der Waals surface area (Å²) < 4.78 is 0. The van der Waals surface area contributed by atoms with Gasteiger partial charge in [0.1, 0.15) is 0 Å². The summed E-state index contributed by atoms with van der Waals surface area (Å²) in [4.78, 5) is 15.4. The number of amides is 1. The van der Waals surface area contributed by atoms with E-state index in [9.17, 15) is 4.79 Å². The van der Waals surface area contributed by atoms with E-state index in [2.05, 4.69) is 25.7 Å². The average Bonchev–Trinajstić information content (AvgIpc) is 2.03. The van der Waals surface area contributed by atoms with E-state index in [0.29, 0.717) is 0 Å². The number of rotatable bonds is 0. The first-order valence-corrected chi connectivity index (χ1v) is 4.92. The molecule has 1 fully saturated rings. The van der Waals surface area contributed by atoms with Crippen LogP contribution in [0.4, 0.5) is 0 Å². The van der Waals surface area contributed by atoms with E-state index in [4.69, 9.17) is 0 Å². The Hall–Kier alpha value is -0.570. The Bertz CT molecular complexity index is 188. The van der Waals surface area contributed by atoms with Gasteiger partial charge in [-0.25, -0.2) is 0 Å². The molecule has 0 aromatic carbocycles. The first kappa shape index (κ1) is 10.5. The number of piperazine rings is 1. The Kier molecular flexibility index (Phi) is 2.96. The molecule has 0 saturated carbocycles. The molecule has 1 aliphatic heterocycles. The van der Waals surface area contributed by atoms with Crippen molar-refractivity contribution in [2.75, 3.05) is 26.2 Å². The number of carbonyl (C=O) groups is 1. The molecule has 1 aliphatic rings. The number of nitrogens with zero attached hydrogens (tertiary/aromatic N) is 2. The third-order valence-electron chi connectivity index (χ3n) is 2.67. The summed E-state index contributed by atoms with van der Waals surface area (Å²) in [7, 11) is 0. The van der Waals surface area contributed by atoms with Gasteiger partial charge in [0.15, 0.2) is 0 Å². The van der Waals surface area contributed by atoms with E-state index in [1.807, 2.05) is 4.90 Å². The first-order chi connectivity index (χ1) is 5.91. The third kappa shape index (κ3) is 2.69. The Balaban J connectivity index is 2.44. The van der Waals surface area contributed by atoms with E-state index >= 15 is 0 Å². The van der Waals surface area contributed by atoms with Crippen molar-refractivity contribution in [3.8, 4) is 0 Å². The van der Waals surface area contributed by atoms with Gasteiger partial charge in [0, 0.05) is 38.6 Å². The standard InChI is InChI=1S/C10H20N2O/c1-9(13)11-5-7-12(8-6-11)10(2,3)4/h5-8H2,1-4H3. The molecule has 0 unspecified atom stereocenters. The highest BCUT2D eigenvalue weighted by Crippen LogP contribution is 2.15. The highest BCUT2D eigenvalue weighted by atomic mass is 16.2. The lowest BCUT2D eigenvalue weighted by atomic mass is 10.1. The molecule has 0 aromatic heterocycles. The predicted octanol–water partition coefficient (Wildman–Crippen LogP) is 0.949. The molecule has 0 aliphatic carbocycles. The van der Waals surface area contributed by atoms with Crippen molar-refractivity contribution in [2.24, 2.45) is 0 Å². The SMILES string of the molecule is CC(=O)N1CCN(C(C)(C)C)CC1. The van der Waals surface area contributed by atoms with Crippen molar-refractivity contribution in [3.63, 3.8) is 0 Å². The molecule has 1 saturated heterocycles. The van der Waals surface area contributed by atoms with E-state index in [1.54, 1.807) is 6.92 Å². The molecule has 1 heterocycles. The molecule has 13 heavy (non-hydrogen) atoms. The van der Waals surface area contributed by atoms with Crippen molar-refractivity contribution in [1.29, 1.82) is 0 Å². The van der Waals surface area contributed by atoms with Crippen LogP contribution in [-0.2, 0) is 4.79 Å². The van der Waals surface area contributed by atoms with Gasteiger partial charge in [0.2, 0.25) is 5.91 Å². The average molecular weight is 184 g/mol. The van der Waals surface area contributed by atoms with Crippen molar-refractivity contribution < 1.29 is 4.79 Å². The third-order valence-corrected chi connectivity index (χ3v) is 2.67. The van der Waals surface area contributed by atoms with Gasteiger partial charge in [-0.3, -0.25) is 9.69 Å². The number of hydrogen-bond donors (Lipinski definition) is 0. The minimum Gasteiger partial charge on any atom is -0.340 e. The Labute approximate surface area is 80.7 Å².